The summed E-state index contributed by atoms with van der Waals surface area (Å²) in [5.74, 6) is -0.982. The number of aliphatic carboxylic acids is 1. The van der Waals surface area contributed by atoms with Gasteiger partial charge < -0.3 is 10.0 Å². The first-order valence-electron chi connectivity index (χ1n) is 6.14. The van der Waals surface area contributed by atoms with Crippen LogP contribution in [0, 0.1) is 0 Å². The Balaban J connectivity index is 3.38. The van der Waals surface area contributed by atoms with E-state index >= 15 is 0 Å². The molecule has 98 valence electrons. The summed E-state index contributed by atoms with van der Waals surface area (Å²) in [5.41, 5.74) is -0.611. The van der Waals surface area contributed by atoms with Crippen LogP contribution in [-0.2, 0) is 15.1 Å². The van der Waals surface area contributed by atoms with Crippen LogP contribution in [0.3, 0.4) is 0 Å². The number of benzene rings is 1. The van der Waals surface area contributed by atoms with Crippen LogP contribution in [0.2, 0.25) is 0 Å². The molecule has 0 aliphatic heterocycles. The first kappa shape index (κ1) is 14.2. The van der Waals surface area contributed by atoms with Gasteiger partial charge in [-0.15, -0.1) is 0 Å². The van der Waals surface area contributed by atoms with Gasteiger partial charge in [0, 0.05) is 6.54 Å². The Labute approximate surface area is 107 Å². The molecule has 0 spiro atoms. The van der Waals surface area contributed by atoms with Gasteiger partial charge in [-0.2, -0.15) is 0 Å². The number of likely N-dealkylation sites (N-methyl/N-ethyl adjacent to an activating group) is 1. The molecule has 1 aromatic rings. The van der Waals surface area contributed by atoms with Gasteiger partial charge in [-0.25, -0.2) is 4.79 Å². The van der Waals surface area contributed by atoms with Crippen molar-refractivity contribution in [3.05, 3.63) is 35.9 Å². The lowest BCUT2D eigenvalue weighted by atomic mass is 9.84. The normalized spacial score (nSPS) is 13.7. The number of nitrogens with zero attached hydrogens (tertiary/aromatic N) is 1. The Morgan fingerprint density at radius 1 is 1.33 bits per heavy atom. The average Bonchev–Trinajstić information content (AvgIpc) is 2.39. The lowest BCUT2D eigenvalue weighted by Crippen LogP contribution is -2.51. The summed E-state index contributed by atoms with van der Waals surface area (Å²) in [6, 6.07) is 8.94. The first-order valence-corrected chi connectivity index (χ1v) is 6.14. The molecule has 0 heterocycles. The fourth-order valence-corrected chi connectivity index (χ4v) is 2.32. The Bertz CT molecular complexity index is 405. The third-order valence-electron chi connectivity index (χ3n) is 3.18. The SMILES string of the molecule is CCCC(C(=O)O)(c1ccccc1)N(C=O)CC. The van der Waals surface area contributed by atoms with Crippen LogP contribution in [0.15, 0.2) is 30.3 Å². The van der Waals surface area contributed by atoms with E-state index in [1.165, 1.54) is 4.90 Å². The van der Waals surface area contributed by atoms with Gasteiger partial charge in [-0.1, -0.05) is 43.7 Å². The highest BCUT2D eigenvalue weighted by molar-refractivity contribution is 5.83. The van der Waals surface area contributed by atoms with E-state index in [0.29, 0.717) is 31.4 Å². The summed E-state index contributed by atoms with van der Waals surface area (Å²) in [5, 5.41) is 9.64. The van der Waals surface area contributed by atoms with E-state index in [-0.39, 0.29) is 0 Å². The quantitative estimate of drug-likeness (QED) is 0.754. The molecule has 1 amide bonds. The summed E-state index contributed by atoms with van der Waals surface area (Å²) in [6.07, 6.45) is 1.71. The maximum atomic E-state index is 11.8. The maximum absolute atomic E-state index is 11.8. The highest BCUT2D eigenvalue weighted by Crippen LogP contribution is 2.33. The molecule has 4 nitrogen and oxygen atoms in total. The molecule has 18 heavy (non-hydrogen) atoms. The van der Waals surface area contributed by atoms with E-state index < -0.39 is 11.5 Å². The number of hydrogen-bond donors (Lipinski definition) is 1. The standard InChI is InChI=1S/C14H19NO3/c1-3-10-14(13(17)18,15(4-2)11-16)12-8-6-5-7-9-12/h5-9,11H,3-4,10H2,1-2H3,(H,17,18). The van der Waals surface area contributed by atoms with Crippen molar-refractivity contribution in [3.63, 3.8) is 0 Å². The maximum Gasteiger partial charge on any atom is 0.334 e. The lowest BCUT2D eigenvalue weighted by Gasteiger charge is -2.38. The topological polar surface area (TPSA) is 57.6 Å². The molecule has 0 aliphatic carbocycles. The van der Waals surface area contributed by atoms with Crippen molar-refractivity contribution in [1.82, 2.24) is 4.90 Å². The molecule has 0 radical (unpaired) electrons. The number of carboxylic acids is 1. The second-order valence-corrected chi connectivity index (χ2v) is 4.17. The molecule has 0 aliphatic rings. The summed E-state index contributed by atoms with van der Waals surface area (Å²) in [4.78, 5) is 24.3. The average molecular weight is 249 g/mol. The van der Waals surface area contributed by atoms with Gasteiger partial charge in [0.15, 0.2) is 5.54 Å². The highest BCUT2D eigenvalue weighted by atomic mass is 16.4. The van der Waals surface area contributed by atoms with Gasteiger partial charge in [0.2, 0.25) is 6.41 Å². The number of rotatable bonds is 7. The number of carboxylic acid groups (broad SMARTS) is 1. The second kappa shape index (κ2) is 6.19. The highest BCUT2D eigenvalue weighted by Gasteiger charge is 2.44. The van der Waals surface area contributed by atoms with E-state index in [0.717, 1.165) is 0 Å². The summed E-state index contributed by atoms with van der Waals surface area (Å²) in [7, 11) is 0. The van der Waals surface area contributed by atoms with Crippen LogP contribution in [0.4, 0.5) is 0 Å². The second-order valence-electron chi connectivity index (χ2n) is 4.17. The molecule has 4 heteroatoms. The third-order valence-corrected chi connectivity index (χ3v) is 3.18. The minimum absolute atomic E-state index is 0.366. The minimum atomic E-state index is -1.26. The number of amides is 1. The van der Waals surface area contributed by atoms with Crippen molar-refractivity contribution < 1.29 is 14.7 Å². The summed E-state index contributed by atoms with van der Waals surface area (Å²) < 4.78 is 0. The number of hydrogen-bond acceptors (Lipinski definition) is 2. The van der Waals surface area contributed by atoms with Crippen LogP contribution in [0.5, 0.6) is 0 Å². The molecule has 1 aromatic carbocycles. The number of carbonyl (C=O) groups excluding carboxylic acids is 1. The fourth-order valence-electron chi connectivity index (χ4n) is 2.32. The molecule has 0 saturated heterocycles. The Kier molecular flexibility index (Phi) is 4.89. The minimum Gasteiger partial charge on any atom is -0.479 e. The van der Waals surface area contributed by atoms with E-state index in [1.54, 1.807) is 31.2 Å². The van der Waals surface area contributed by atoms with Crippen molar-refractivity contribution in [2.75, 3.05) is 6.54 Å². The van der Waals surface area contributed by atoms with Crippen molar-refractivity contribution >= 4 is 12.4 Å². The van der Waals surface area contributed by atoms with Crippen LogP contribution in [0.1, 0.15) is 32.3 Å². The Morgan fingerprint density at radius 2 is 1.94 bits per heavy atom. The van der Waals surface area contributed by atoms with Crippen LogP contribution >= 0.6 is 0 Å². The molecule has 0 aromatic heterocycles. The molecule has 1 N–H and O–H groups in total. The molecule has 1 unspecified atom stereocenters. The van der Waals surface area contributed by atoms with E-state index in [9.17, 15) is 14.7 Å². The molecule has 1 atom stereocenters. The van der Waals surface area contributed by atoms with Crippen molar-refractivity contribution in [3.8, 4) is 0 Å². The van der Waals surface area contributed by atoms with Gasteiger partial charge in [-0.3, -0.25) is 4.79 Å². The summed E-state index contributed by atoms with van der Waals surface area (Å²) in [6.45, 7) is 4.06. The van der Waals surface area contributed by atoms with Crippen LogP contribution < -0.4 is 0 Å². The van der Waals surface area contributed by atoms with Crippen molar-refractivity contribution in [2.24, 2.45) is 0 Å². The molecular weight excluding hydrogens is 230 g/mol. The zero-order chi connectivity index (χ0) is 13.6. The molecule has 1 rings (SSSR count). The van der Waals surface area contributed by atoms with Crippen molar-refractivity contribution in [1.29, 1.82) is 0 Å². The van der Waals surface area contributed by atoms with Gasteiger partial charge in [0.05, 0.1) is 0 Å². The fraction of sp³-hybridized carbons (Fsp3) is 0.429. The number of carbonyl (C=O) groups is 2. The van der Waals surface area contributed by atoms with Crippen LogP contribution in [-0.4, -0.2) is 28.9 Å². The molecule has 0 fully saturated rings. The van der Waals surface area contributed by atoms with Gasteiger partial charge in [0.25, 0.3) is 0 Å². The monoisotopic (exact) mass is 249 g/mol. The summed E-state index contributed by atoms with van der Waals surface area (Å²) >= 11 is 0. The predicted molar refractivity (Wildman–Crippen MR) is 69.1 cm³/mol. The van der Waals surface area contributed by atoms with E-state index in [1.807, 2.05) is 13.0 Å². The van der Waals surface area contributed by atoms with E-state index in [2.05, 4.69) is 0 Å². The van der Waals surface area contributed by atoms with Crippen molar-refractivity contribution in [2.45, 2.75) is 32.2 Å². The zero-order valence-corrected chi connectivity index (χ0v) is 10.8. The van der Waals surface area contributed by atoms with Gasteiger partial charge in [-0.05, 0) is 18.9 Å². The lowest BCUT2D eigenvalue weighted by molar-refractivity contribution is -0.156. The smallest absolute Gasteiger partial charge is 0.334 e. The Hall–Kier alpha value is -1.84. The zero-order valence-electron chi connectivity index (χ0n) is 10.8. The first-order chi connectivity index (χ1) is 8.63. The molecule has 0 bridgehead atoms. The Morgan fingerprint density at radius 3 is 2.33 bits per heavy atom. The van der Waals surface area contributed by atoms with Gasteiger partial charge >= 0.3 is 5.97 Å². The predicted octanol–water partition coefficient (Wildman–Crippen LogP) is 2.24. The van der Waals surface area contributed by atoms with E-state index in [4.69, 9.17) is 0 Å². The molecular formula is C14H19NO3. The largest absolute Gasteiger partial charge is 0.479 e. The third kappa shape index (κ3) is 2.37. The van der Waals surface area contributed by atoms with Crippen LogP contribution in [0.25, 0.3) is 0 Å². The molecule has 0 saturated carbocycles. The van der Waals surface area contributed by atoms with Gasteiger partial charge in [0.1, 0.15) is 0 Å².